The van der Waals surface area contributed by atoms with Crippen LogP contribution in [0.15, 0.2) is 44.7 Å². The molecule has 0 bridgehead atoms. The standard InChI is InChI=1S/C27H29FN4O5S2/c1-15-19-22(33)32(26(2,3)24(34)30-39-27(4)9-10-27)25(35)31(23(19)38-20(15)21-29-11-13-37-21)12-8-16-14-17(28)6-7-18(16)36-5/h6-7,11,13-14H,8-10,12H2,1-5H3,(H,30,34). The Kier molecular flexibility index (Phi) is 6.96. The molecule has 0 radical (unpaired) electrons. The maximum absolute atomic E-state index is 14.0. The number of aryl methyl sites for hydroxylation is 3. The molecule has 1 aliphatic rings. The van der Waals surface area contributed by atoms with E-state index in [1.54, 1.807) is 20.8 Å². The molecule has 0 atom stereocenters. The van der Waals surface area contributed by atoms with Gasteiger partial charge < -0.3 is 9.15 Å². The lowest BCUT2D eigenvalue weighted by molar-refractivity contribution is -0.126. The van der Waals surface area contributed by atoms with Gasteiger partial charge in [-0.3, -0.25) is 18.9 Å². The molecule has 3 heterocycles. The highest BCUT2D eigenvalue weighted by Gasteiger charge is 2.41. The van der Waals surface area contributed by atoms with Crippen molar-refractivity contribution in [3.05, 3.63) is 68.4 Å². The van der Waals surface area contributed by atoms with Crippen molar-refractivity contribution in [2.75, 3.05) is 7.11 Å². The highest BCUT2D eigenvalue weighted by molar-refractivity contribution is 7.99. The van der Waals surface area contributed by atoms with Gasteiger partial charge in [0.25, 0.3) is 11.5 Å². The van der Waals surface area contributed by atoms with Crippen molar-refractivity contribution < 1.29 is 18.3 Å². The van der Waals surface area contributed by atoms with Gasteiger partial charge in [0.05, 0.1) is 23.6 Å². The average Bonchev–Trinajstić information content (AvgIpc) is 3.25. The number of hydrogen-bond acceptors (Lipinski definition) is 8. The summed E-state index contributed by atoms with van der Waals surface area (Å²) in [5, 5.41) is 0.307. The van der Waals surface area contributed by atoms with Gasteiger partial charge in [0.2, 0.25) is 5.89 Å². The van der Waals surface area contributed by atoms with Crippen LogP contribution in [0.3, 0.4) is 0 Å². The summed E-state index contributed by atoms with van der Waals surface area (Å²) in [6.45, 7) is 7.05. The smallest absolute Gasteiger partial charge is 0.333 e. The van der Waals surface area contributed by atoms with Gasteiger partial charge in [0, 0.05) is 11.3 Å². The van der Waals surface area contributed by atoms with E-state index in [0.29, 0.717) is 37.9 Å². The van der Waals surface area contributed by atoms with Crippen LogP contribution in [0, 0.1) is 12.7 Å². The van der Waals surface area contributed by atoms with Gasteiger partial charge in [0.15, 0.2) is 0 Å². The van der Waals surface area contributed by atoms with Gasteiger partial charge in [-0.25, -0.2) is 18.7 Å². The van der Waals surface area contributed by atoms with Crippen molar-refractivity contribution in [2.24, 2.45) is 0 Å². The molecule has 0 saturated heterocycles. The van der Waals surface area contributed by atoms with Crippen molar-refractivity contribution in [2.45, 2.75) is 63.8 Å². The number of hydrogen-bond donors (Lipinski definition) is 1. The number of aromatic nitrogens is 3. The van der Waals surface area contributed by atoms with E-state index >= 15 is 0 Å². The summed E-state index contributed by atoms with van der Waals surface area (Å²) >= 11 is 2.54. The first-order valence-corrected chi connectivity index (χ1v) is 14.1. The predicted octanol–water partition coefficient (Wildman–Crippen LogP) is 4.63. The Balaban J connectivity index is 1.66. The molecule has 1 N–H and O–H groups in total. The molecule has 206 valence electrons. The number of benzene rings is 1. The molecule has 1 fully saturated rings. The summed E-state index contributed by atoms with van der Waals surface area (Å²) in [6, 6.07) is 4.20. The summed E-state index contributed by atoms with van der Waals surface area (Å²) in [5.74, 6) is -0.0527. The predicted molar refractivity (Wildman–Crippen MR) is 150 cm³/mol. The molecular formula is C27H29FN4O5S2. The second kappa shape index (κ2) is 9.98. The highest BCUT2D eigenvalue weighted by Crippen LogP contribution is 2.46. The molecule has 5 rings (SSSR count). The lowest BCUT2D eigenvalue weighted by atomic mass is 10.0. The minimum absolute atomic E-state index is 0.0280. The van der Waals surface area contributed by atoms with Crippen LogP contribution in [0.1, 0.15) is 44.7 Å². The zero-order valence-electron chi connectivity index (χ0n) is 22.3. The quantitative estimate of drug-likeness (QED) is 0.291. The molecule has 0 aliphatic heterocycles. The van der Waals surface area contributed by atoms with Gasteiger partial charge in [-0.2, -0.15) is 0 Å². The van der Waals surface area contributed by atoms with Crippen molar-refractivity contribution in [3.63, 3.8) is 0 Å². The third-order valence-corrected chi connectivity index (χ3v) is 9.64. The molecule has 1 aliphatic carbocycles. The minimum atomic E-state index is -1.49. The number of rotatable bonds is 9. The first-order valence-electron chi connectivity index (χ1n) is 12.5. The van der Waals surface area contributed by atoms with Crippen molar-refractivity contribution in [1.29, 1.82) is 0 Å². The van der Waals surface area contributed by atoms with E-state index in [4.69, 9.17) is 9.15 Å². The van der Waals surface area contributed by atoms with Crippen LogP contribution >= 0.6 is 23.3 Å². The fraction of sp³-hybridized carbons (Fsp3) is 0.407. The molecule has 9 nitrogen and oxygen atoms in total. The number of carbonyl (C=O) groups is 1. The van der Waals surface area contributed by atoms with Crippen LogP contribution in [0.4, 0.5) is 4.39 Å². The van der Waals surface area contributed by atoms with Crippen LogP contribution in [-0.2, 0) is 23.3 Å². The van der Waals surface area contributed by atoms with Gasteiger partial charge in [0.1, 0.15) is 28.2 Å². The Hall–Kier alpha value is -3.38. The molecule has 4 aromatic rings. The fourth-order valence-electron chi connectivity index (χ4n) is 4.43. The van der Waals surface area contributed by atoms with E-state index in [0.717, 1.165) is 17.4 Å². The number of oxazole rings is 1. The number of amides is 1. The zero-order valence-corrected chi connectivity index (χ0v) is 23.9. The van der Waals surface area contributed by atoms with Crippen LogP contribution in [-0.4, -0.2) is 31.9 Å². The molecule has 1 amide bonds. The largest absolute Gasteiger partial charge is 0.496 e. The lowest BCUT2D eigenvalue weighted by Gasteiger charge is -2.27. The number of nitrogens with zero attached hydrogens (tertiary/aromatic N) is 3. The van der Waals surface area contributed by atoms with Gasteiger partial charge in [-0.15, -0.1) is 11.3 Å². The Morgan fingerprint density at radius 1 is 1.33 bits per heavy atom. The zero-order chi connectivity index (χ0) is 28.1. The Labute approximate surface area is 232 Å². The second-order valence-electron chi connectivity index (χ2n) is 10.4. The third kappa shape index (κ3) is 4.91. The normalized spacial score (nSPS) is 14.5. The fourth-order valence-corrected chi connectivity index (χ4v) is 6.58. The van der Waals surface area contributed by atoms with Crippen LogP contribution < -0.4 is 20.7 Å². The molecule has 12 heteroatoms. The molecule has 1 saturated carbocycles. The first kappa shape index (κ1) is 27.2. The molecule has 1 aromatic carbocycles. The van der Waals surface area contributed by atoms with E-state index in [1.165, 1.54) is 65.6 Å². The number of halogens is 1. The topological polar surface area (TPSA) is 108 Å². The maximum Gasteiger partial charge on any atom is 0.333 e. The first-order chi connectivity index (χ1) is 18.5. The second-order valence-corrected chi connectivity index (χ2v) is 12.8. The van der Waals surface area contributed by atoms with Crippen LogP contribution in [0.2, 0.25) is 0 Å². The molecule has 0 spiro atoms. The van der Waals surface area contributed by atoms with Gasteiger partial charge in [-0.05, 0) is 88.2 Å². The number of thiophene rings is 1. The lowest BCUT2D eigenvalue weighted by Crippen LogP contribution is -2.55. The third-order valence-electron chi connectivity index (χ3n) is 7.15. The molecular weight excluding hydrogens is 543 g/mol. The number of ether oxygens (including phenoxy) is 1. The summed E-state index contributed by atoms with van der Waals surface area (Å²) in [5.41, 5.74) is -1.52. The Morgan fingerprint density at radius 2 is 2.08 bits per heavy atom. The van der Waals surface area contributed by atoms with E-state index in [9.17, 15) is 18.8 Å². The monoisotopic (exact) mass is 572 g/mol. The van der Waals surface area contributed by atoms with Gasteiger partial charge in [-0.1, -0.05) is 0 Å². The maximum atomic E-state index is 14.0. The van der Waals surface area contributed by atoms with E-state index in [2.05, 4.69) is 16.6 Å². The summed E-state index contributed by atoms with van der Waals surface area (Å²) in [7, 11) is 1.49. The molecule has 39 heavy (non-hydrogen) atoms. The SMILES string of the molecule is COc1ccc(F)cc1CCn1c(=O)n(C(C)(C)C(=O)NSC2(C)CC2)c(=O)c2c(C)c(-c3ncco3)sc21. The summed E-state index contributed by atoms with van der Waals surface area (Å²) in [4.78, 5) is 46.6. The summed E-state index contributed by atoms with van der Waals surface area (Å²) < 4.78 is 30.2. The summed E-state index contributed by atoms with van der Waals surface area (Å²) in [6.07, 6.45) is 5.16. The number of fused-ring (bicyclic) bond motifs is 1. The van der Waals surface area contributed by atoms with Crippen LogP contribution in [0.5, 0.6) is 5.75 Å². The van der Waals surface area contributed by atoms with E-state index in [1.807, 2.05) is 0 Å². The van der Waals surface area contributed by atoms with Crippen molar-refractivity contribution in [3.8, 4) is 16.5 Å². The van der Waals surface area contributed by atoms with E-state index in [-0.39, 0.29) is 17.7 Å². The van der Waals surface area contributed by atoms with Gasteiger partial charge >= 0.3 is 5.69 Å². The number of carbonyl (C=O) groups excluding carboxylic acids is 1. The Morgan fingerprint density at radius 3 is 2.72 bits per heavy atom. The van der Waals surface area contributed by atoms with Crippen molar-refractivity contribution >= 4 is 39.4 Å². The molecule has 3 aromatic heterocycles. The van der Waals surface area contributed by atoms with Crippen LogP contribution in [0.25, 0.3) is 21.0 Å². The average molecular weight is 573 g/mol. The number of nitrogens with one attached hydrogen (secondary N) is 1. The van der Waals surface area contributed by atoms with Crippen molar-refractivity contribution in [1.82, 2.24) is 18.8 Å². The number of methoxy groups -OCH3 is 1. The highest BCUT2D eigenvalue weighted by atomic mass is 32.2. The minimum Gasteiger partial charge on any atom is -0.496 e. The molecule has 0 unspecified atom stereocenters. The van der Waals surface area contributed by atoms with E-state index < -0.39 is 28.5 Å². The Bertz CT molecular complexity index is 1680.